The van der Waals surface area contributed by atoms with Crippen LogP contribution < -0.4 is 5.32 Å². The van der Waals surface area contributed by atoms with Crippen LogP contribution in [0.15, 0.2) is 54.6 Å². The first-order valence-corrected chi connectivity index (χ1v) is 9.23. The normalized spacial score (nSPS) is 12.6. The Kier molecular flexibility index (Phi) is 6.81. The SMILES string of the molecule is CC(CNC(=O)CSCc1ccc(C#N)cc1)(C(=O)O)c1ccccc1. The standard InChI is InChI=1S/C20H20N2O3S/c1-20(19(24)25,17-5-3-2-4-6-17)14-22-18(23)13-26-12-16-9-7-15(11-21)8-10-16/h2-10H,12-14H2,1H3,(H,22,23)(H,24,25). The molecule has 2 aromatic carbocycles. The summed E-state index contributed by atoms with van der Waals surface area (Å²) >= 11 is 1.44. The molecule has 0 saturated carbocycles. The van der Waals surface area contributed by atoms with Gasteiger partial charge in [-0.2, -0.15) is 5.26 Å². The number of nitrogens with one attached hydrogen (secondary N) is 1. The maximum atomic E-state index is 12.1. The first-order valence-electron chi connectivity index (χ1n) is 8.08. The number of benzene rings is 2. The molecule has 1 atom stereocenters. The van der Waals surface area contributed by atoms with Gasteiger partial charge in [-0.15, -0.1) is 11.8 Å². The highest BCUT2D eigenvalue weighted by atomic mass is 32.2. The maximum Gasteiger partial charge on any atom is 0.315 e. The number of amides is 1. The number of carbonyl (C=O) groups is 2. The molecule has 0 aromatic heterocycles. The third kappa shape index (κ3) is 5.11. The summed E-state index contributed by atoms with van der Waals surface area (Å²) in [5, 5.41) is 21.1. The maximum absolute atomic E-state index is 12.1. The molecule has 2 aromatic rings. The van der Waals surface area contributed by atoms with Crippen LogP contribution in [0.1, 0.15) is 23.6 Å². The zero-order chi connectivity index (χ0) is 19.0. The van der Waals surface area contributed by atoms with Crippen molar-refractivity contribution in [2.45, 2.75) is 18.1 Å². The largest absolute Gasteiger partial charge is 0.481 e. The molecule has 0 spiro atoms. The molecular weight excluding hydrogens is 348 g/mol. The van der Waals surface area contributed by atoms with Gasteiger partial charge in [-0.25, -0.2) is 0 Å². The Hall–Kier alpha value is -2.78. The number of hydrogen-bond acceptors (Lipinski definition) is 4. The minimum absolute atomic E-state index is 0.0304. The predicted octanol–water partition coefficient (Wildman–Crippen LogP) is 2.95. The van der Waals surface area contributed by atoms with Gasteiger partial charge in [0.2, 0.25) is 5.91 Å². The van der Waals surface area contributed by atoms with Gasteiger partial charge in [0.05, 0.1) is 17.4 Å². The number of carboxylic acid groups (broad SMARTS) is 1. The quantitative estimate of drug-likeness (QED) is 0.748. The summed E-state index contributed by atoms with van der Waals surface area (Å²) in [5.74, 6) is -0.292. The number of carbonyl (C=O) groups excluding carboxylic acids is 1. The van der Waals surface area contributed by atoms with Crippen LogP contribution in [0, 0.1) is 11.3 Å². The highest BCUT2D eigenvalue weighted by molar-refractivity contribution is 7.99. The topological polar surface area (TPSA) is 90.2 Å². The summed E-state index contributed by atoms with van der Waals surface area (Å²) < 4.78 is 0. The molecule has 0 radical (unpaired) electrons. The zero-order valence-electron chi connectivity index (χ0n) is 14.4. The van der Waals surface area contributed by atoms with E-state index in [2.05, 4.69) is 11.4 Å². The number of nitrogens with zero attached hydrogens (tertiary/aromatic N) is 1. The molecule has 0 heterocycles. The van der Waals surface area contributed by atoms with Crippen molar-refractivity contribution >= 4 is 23.6 Å². The van der Waals surface area contributed by atoms with E-state index in [0.717, 1.165) is 5.56 Å². The molecule has 1 amide bonds. The van der Waals surface area contributed by atoms with Gasteiger partial charge in [0.1, 0.15) is 5.41 Å². The fourth-order valence-corrected chi connectivity index (χ4v) is 3.19. The second-order valence-electron chi connectivity index (χ2n) is 6.08. The lowest BCUT2D eigenvalue weighted by atomic mass is 9.82. The van der Waals surface area contributed by atoms with Crippen molar-refractivity contribution in [3.8, 4) is 6.07 Å². The molecule has 1 unspecified atom stereocenters. The van der Waals surface area contributed by atoms with Gasteiger partial charge in [0.15, 0.2) is 0 Å². The first-order chi connectivity index (χ1) is 12.5. The van der Waals surface area contributed by atoms with Crippen LogP contribution in [-0.2, 0) is 20.8 Å². The van der Waals surface area contributed by atoms with Crippen molar-refractivity contribution in [3.05, 3.63) is 71.3 Å². The fourth-order valence-electron chi connectivity index (χ4n) is 2.37. The number of hydrogen-bond donors (Lipinski definition) is 2. The lowest BCUT2D eigenvalue weighted by Gasteiger charge is -2.25. The minimum atomic E-state index is -1.17. The minimum Gasteiger partial charge on any atom is -0.481 e. The van der Waals surface area contributed by atoms with E-state index in [1.54, 1.807) is 43.3 Å². The lowest BCUT2D eigenvalue weighted by Crippen LogP contribution is -2.44. The van der Waals surface area contributed by atoms with Crippen LogP contribution in [0.25, 0.3) is 0 Å². The predicted molar refractivity (Wildman–Crippen MR) is 102 cm³/mol. The van der Waals surface area contributed by atoms with Gasteiger partial charge in [-0.3, -0.25) is 9.59 Å². The van der Waals surface area contributed by atoms with Gasteiger partial charge < -0.3 is 10.4 Å². The van der Waals surface area contributed by atoms with Gasteiger partial charge in [0, 0.05) is 12.3 Å². The molecule has 0 aliphatic heterocycles. The summed E-state index contributed by atoms with van der Waals surface area (Å²) in [7, 11) is 0. The molecule has 0 aliphatic carbocycles. The van der Waals surface area contributed by atoms with E-state index >= 15 is 0 Å². The van der Waals surface area contributed by atoms with Crippen molar-refractivity contribution in [3.63, 3.8) is 0 Å². The highest BCUT2D eigenvalue weighted by Gasteiger charge is 2.35. The molecule has 26 heavy (non-hydrogen) atoms. The van der Waals surface area contributed by atoms with E-state index in [9.17, 15) is 14.7 Å². The fraction of sp³-hybridized carbons (Fsp3) is 0.250. The first kappa shape index (κ1) is 19.5. The molecule has 134 valence electrons. The molecular formula is C20H20N2O3S. The Morgan fingerprint density at radius 3 is 2.38 bits per heavy atom. The van der Waals surface area contributed by atoms with Crippen LogP contribution in [0.4, 0.5) is 0 Å². The van der Waals surface area contributed by atoms with Crippen LogP contribution in [0.3, 0.4) is 0 Å². The van der Waals surface area contributed by atoms with Crippen molar-refractivity contribution in [1.82, 2.24) is 5.32 Å². The Morgan fingerprint density at radius 1 is 1.15 bits per heavy atom. The molecule has 6 heteroatoms. The van der Waals surface area contributed by atoms with Crippen molar-refractivity contribution < 1.29 is 14.7 Å². The van der Waals surface area contributed by atoms with E-state index in [0.29, 0.717) is 16.9 Å². The molecule has 0 bridgehead atoms. The van der Waals surface area contributed by atoms with Crippen molar-refractivity contribution in [1.29, 1.82) is 5.26 Å². The average molecular weight is 368 g/mol. The average Bonchev–Trinajstić information content (AvgIpc) is 2.67. The lowest BCUT2D eigenvalue weighted by molar-refractivity contribution is -0.143. The molecule has 2 N–H and O–H groups in total. The second-order valence-corrected chi connectivity index (χ2v) is 7.07. The van der Waals surface area contributed by atoms with Crippen LogP contribution in [0.2, 0.25) is 0 Å². The molecule has 0 fully saturated rings. The Labute approximate surface area is 157 Å². The van der Waals surface area contributed by atoms with Gasteiger partial charge in [-0.05, 0) is 30.2 Å². The summed E-state index contributed by atoms with van der Waals surface area (Å²) in [6, 6.07) is 18.2. The van der Waals surface area contributed by atoms with Crippen LogP contribution >= 0.6 is 11.8 Å². The molecule has 0 saturated heterocycles. The van der Waals surface area contributed by atoms with Gasteiger partial charge in [0.25, 0.3) is 0 Å². The van der Waals surface area contributed by atoms with Gasteiger partial charge >= 0.3 is 5.97 Å². The van der Waals surface area contributed by atoms with E-state index < -0.39 is 11.4 Å². The van der Waals surface area contributed by atoms with E-state index in [1.807, 2.05) is 18.2 Å². The number of aliphatic carboxylic acids is 1. The molecule has 5 nitrogen and oxygen atoms in total. The molecule has 2 rings (SSSR count). The third-order valence-electron chi connectivity index (χ3n) is 4.11. The zero-order valence-corrected chi connectivity index (χ0v) is 15.3. The summed E-state index contributed by atoms with van der Waals surface area (Å²) in [6.07, 6.45) is 0. The summed E-state index contributed by atoms with van der Waals surface area (Å²) in [6.45, 7) is 1.64. The summed E-state index contributed by atoms with van der Waals surface area (Å²) in [5.41, 5.74) is 1.11. The summed E-state index contributed by atoms with van der Waals surface area (Å²) in [4.78, 5) is 23.8. The Bertz CT molecular complexity index is 800. The van der Waals surface area contributed by atoms with E-state index in [-0.39, 0.29) is 18.2 Å². The number of rotatable bonds is 8. The number of nitriles is 1. The Morgan fingerprint density at radius 2 is 1.81 bits per heavy atom. The van der Waals surface area contributed by atoms with Crippen LogP contribution in [0.5, 0.6) is 0 Å². The van der Waals surface area contributed by atoms with Crippen molar-refractivity contribution in [2.75, 3.05) is 12.3 Å². The van der Waals surface area contributed by atoms with E-state index in [1.165, 1.54) is 11.8 Å². The number of thioether (sulfide) groups is 1. The highest BCUT2D eigenvalue weighted by Crippen LogP contribution is 2.23. The van der Waals surface area contributed by atoms with E-state index in [4.69, 9.17) is 5.26 Å². The molecule has 0 aliphatic rings. The monoisotopic (exact) mass is 368 g/mol. The second kappa shape index (κ2) is 9.07. The smallest absolute Gasteiger partial charge is 0.315 e. The Balaban J connectivity index is 1.85. The van der Waals surface area contributed by atoms with Crippen LogP contribution in [-0.4, -0.2) is 29.3 Å². The third-order valence-corrected chi connectivity index (χ3v) is 5.11. The van der Waals surface area contributed by atoms with Crippen molar-refractivity contribution in [2.24, 2.45) is 0 Å². The van der Waals surface area contributed by atoms with Gasteiger partial charge in [-0.1, -0.05) is 42.5 Å². The number of carboxylic acids is 1.